The van der Waals surface area contributed by atoms with Crippen LogP contribution in [0.15, 0.2) is 437 Å². The molecule has 21 aromatic carbocycles. The Morgan fingerprint density at radius 2 is 0.483 bits per heavy atom. The molecule has 0 fully saturated rings. The van der Waals surface area contributed by atoms with E-state index in [9.17, 15) is 0 Å². The Kier molecular flexibility index (Phi) is 17.3. The molecule has 0 spiro atoms. The van der Waals surface area contributed by atoms with E-state index in [0.717, 1.165) is 214 Å². The van der Waals surface area contributed by atoms with Crippen LogP contribution < -0.4 is 43.1 Å². The van der Waals surface area contributed by atoms with Gasteiger partial charge in [-0.25, -0.2) is 0 Å². The van der Waals surface area contributed by atoms with Crippen molar-refractivity contribution >= 4 is 117 Å². The monoisotopic (exact) mass is 1890 g/mol. The van der Waals surface area contributed by atoms with Gasteiger partial charge in [0.15, 0.2) is 69.0 Å². The molecule has 0 atom stereocenters. The van der Waals surface area contributed by atoms with Crippen LogP contribution in [0.1, 0.15) is 74.9 Å². The summed E-state index contributed by atoms with van der Waals surface area (Å²) in [6.07, 6.45) is 0. The van der Waals surface area contributed by atoms with Gasteiger partial charge in [0.05, 0.1) is 72.9 Å². The van der Waals surface area contributed by atoms with Crippen molar-refractivity contribution in [2.45, 2.75) is 57.8 Å². The molecule has 0 N–H and O–H groups in total. The highest BCUT2D eigenvalue weighted by atomic mass is 16.5. The lowest BCUT2D eigenvalue weighted by molar-refractivity contribution is 0.443. The largest absolute Gasteiger partial charge is 0.453 e. The molecule has 696 valence electrons. The summed E-state index contributed by atoms with van der Waals surface area (Å²) in [5, 5.41) is 6.83. The molecule has 0 radical (unpaired) electrons. The van der Waals surface area contributed by atoms with Crippen LogP contribution in [0, 0.1) is 0 Å². The molecule has 6 aliphatic heterocycles. The van der Waals surface area contributed by atoms with Gasteiger partial charge in [0, 0.05) is 94.8 Å². The average Bonchev–Trinajstić information content (AvgIpc) is 1.53. The topological polar surface area (TPSA) is 79.9 Å². The third-order valence-electron chi connectivity index (χ3n) is 32.2. The molecule has 3 aromatic heterocycles. The smallest absolute Gasteiger partial charge is 0.155 e. The zero-order valence-electron chi connectivity index (χ0n) is 81.2. The first-order chi connectivity index (χ1) is 72.2. The second kappa shape index (κ2) is 30.6. The van der Waals surface area contributed by atoms with Crippen LogP contribution in [0.3, 0.4) is 0 Å². The fourth-order valence-electron chi connectivity index (χ4n) is 25.8. The molecule has 9 aliphatic rings. The van der Waals surface area contributed by atoms with Crippen molar-refractivity contribution in [3.63, 3.8) is 0 Å². The van der Waals surface area contributed by atoms with Gasteiger partial charge in [-0.15, -0.1) is 0 Å². The molecule has 12 nitrogen and oxygen atoms in total. The molecular formula is C135H90N6O6. The van der Waals surface area contributed by atoms with Crippen molar-refractivity contribution in [2.75, 3.05) is 14.7 Å². The van der Waals surface area contributed by atoms with Crippen molar-refractivity contribution in [1.29, 1.82) is 0 Å². The highest BCUT2D eigenvalue weighted by Gasteiger charge is 2.45. The number of fused-ring (bicyclic) bond motifs is 12. The zero-order valence-corrected chi connectivity index (χ0v) is 81.2. The quantitative estimate of drug-likeness (QED) is 0.119. The number of ether oxygens (including phenoxy) is 6. The van der Waals surface area contributed by atoms with Crippen molar-refractivity contribution in [1.82, 2.24) is 13.7 Å². The minimum Gasteiger partial charge on any atom is -0.453 e. The normalized spacial score (nSPS) is 14.0. The van der Waals surface area contributed by atoms with Crippen LogP contribution in [0.25, 0.3) is 149 Å². The summed E-state index contributed by atoms with van der Waals surface area (Å²) >= 11 is 0. The summed E-state index contributed by atoms with van der Waals surface area (Å²) in [5.41, 5.74) is 41.5. The van der Waals surface area contributed by atoms with Gasteiger partial charge in [-0.2, -0.15) is 0 Å². The van der Waals surface area contributed by atoms with E-state index >= 15 is 0 Å². The summed E-state index contributed by atoms with van der Waals surface area (Å²) in [6, 6.07) is 156. The van der Waals surface area contributed by atoms with Crippen LogP contribution in [0.5, 0.6) is 69.0 Å². The molecule has 3 aliphatic carbocycles. The number of aromatic nitrogens is 3. The Hall–Kier alpha value is -18.8. The van der Waals surface area contributed by atoms with Gasteiger partial charge in [-0.1, -0.05) is 339 Å². The molecule has 0 saturated heterocycles. The predicted octanol–water partition coefficient (Wildman–Crippen LogP) is 37.3. The minimum absolute atomic E-state index is 0.133. The maximum atomic E-state index is 6.82. The maximum absolute atomic E-state index is 6.82. The summed E-state index contributed by atoms with van der Waals surface area (Å²) in [5.74, 6) is 9.90. The van der Waals surface area contributed by atoms with Gasteiger partial charge >= 0.3 is 0 Å². The second-order valence-corrected chi connectivity index (χ2v) is 41.2. The molecule has 24 aromatic rings. The first kappa shape index (κ1) is 82.9. The number of rotatable bonds is 12. The number of benzene rings is 21. The fraction of sp³-hybridized carbons (Fsp3) is 0.0667. The number of para-hydroxylation sites is 8. The van der Waals surface area contributed by atoms with Gasteiger partial charge in [0.2, 0.25) is 0 Å². The molecule has 33 rings (SSSR count). The Balaban J connectivity index is 0.0000000999. The van der Waals surface area contributed by atoms with E-state index in [-0.39, 0.29) is 16.2 Å². The summed E-state index contributed by atoms with van der Waals surface area (Å²) in [4.78, 5) is 7.29. The summed E-state index contributed by atoms with van der Waals surface area (Å²) in [7, 11) is 0. The molecule has 0 bridgehead atoms. The zero-order chi connectivity index (χ0) is 97.3. The van der Waals surface area contributed by atoms with Crippen molar-refractivity contribution in [3.8, 4) is 153 Å². The molecule has 0 unspecified atom stereocenters. The second-order valence-electron chi connectivity index (χ2n) is 41.2. The highest BCUT2D eigenvalue weighted by molar-refractivity contribution is 6.20. The van der Waals surface area contributed by atoms with Gasteiger partial charge < -0.3 is 43.1 Å². The summed E-state index contributed by atoms with van der Waals surface area (Å²) in [6.45, 7) is 14.1. The van der Waals surface area contributed by atoms with Crippen LogP contribution in [-0.2, 0) is 16.2 Å². The number of hydrogen-bond donors (Lipinski definition) is 0. The third kappa shape index (κ3) is 11.8. The van der Waals surface area contributed by atoms with Crippen molar-refractivity contribution < 1.29 is 28.4 Å². The fourth-order valence-corrected chi connectivity index (χ4v) is 25.8. The maximum Gasteiger partial charge on any atom is 0.155 e. The van der Waals surface area contributed by atoms with E-state index in [1.807, 2.05) is 54.6 Å². The van der Waals surface area contributed by atoms with Crippen LogP contribution in [0.4, 0.5) is 51.2 Å². The number of anilines is 9. The Labute approximate surface area is 848 Å². The predicted molar refractivity (Wildman–Crippen MR) is 596 cm³/mol. The van der Waals surface area contributed by atoms with Crippen LogP contribution in [0.2, 0.25) is 0 Å². The molecule has 12 heteroatoms. The average molecular weight is 1890 g/mol. The Bertz CT molecular complexity index is 9870. The van der Waals surface area contributed by atoms with Crippen LogP contribution in [-0.4, -0.2) is 13.7 Å². The SMILES string of the molecule is CC1(C)c2ccccc2-c2c(N(c3cc4c5c(c3)c3cccc6c3n5-c3c(cccc3O4)O6)c3ccccc3-c3ccccc3)cccc21.CC1(C)c2ccccc2-c2ccc(N(c3cc4c5c(c3)c3cccc6c3n5-c3c(cccc3O4)O6)c3ccccc3-c3ccccc3)cc21.CC1(C)c2ccccc2-c2cccc(N(c3ccc(-c4ccccc4)cc3)c3cc4c5c(c3)c3cccc6c3n5-c3c(cccc3O4)O6)c21. The number of hydrogen-bond acceptors (Lipinski definition) is 9. The van der Waals surface area contributed by atoms with E-state index in [1.165, 1.54) is 89.0 Å². The van der Waals surface area contributed by atoms with Gasteiger partial charge in [-0.05, 0) is 205 Å². The van der Waals surface area contributed by atoms with E-state index in [1.54, 1.807) is 0 Å². The van der Waals surface area contributed by atoms with E-state index in [0.29, 0.717) is 0 Å². The molecular weight excluding hydrogens is 1800 g/mol. The van der Waals surface area contributed by atoms with Crippen molar-refractivity contribution in [3.05, 3.63) is 470 Å². The Morgan fingerprint density at radius 3 is 0.966 bits per heavy atom. The van der Waals surface area contributed by atoms with Crippen molar-refractivity contribution in [2.24, 2.45) is 0 Å². The third-order valence-corrected chi connectivity index (χ3v) is 32.2. The first-order valence-electron chi connectivity index (χ1n) is 50.6. The van der Waals surface area contributed by atoms with E-state index < -0.39 is 0 Å². The van der Waals surface area contributed by atoms with Gasteiger partial charge in [-0.3, -0.25) is 13.7 Å². The highest BCUT2D eigenvalue weighted by Crippen LogP contribution is 2.65. The Morgan fingerprint density at radius 1 is 0.177 bits per heavy atom. The lowest BCUT2D eigenvalue weighted by Gasteiger charge is -2.33. The molecule has 147 heavy (non-hydrogen) atoms. The first-order valence-corrected chi connectivity index (χ1v) is 50.6. The molecule has 0 amide bonds. The van der Waals surface area contributed by atoms with Gasteiger partial charge in [0.25, 0.3) is 0 Å². The lowest BCUT2D eigenvalue weighted by atomic mass is 9.81. The minimum atomic E-state index is -0.198. The van der Waals surface area contributed by atoms with E-state index in [2.05, 4.69) is 452 Å². The molecule has 0 saturated carbocycles. The van der Waals surface area contributed by atoms with Crippen LogP contribution >= 0.6 is 0 Å². The van der Waals surface area contributed by atoms with Gasteiger partial charge in [0.1, 0.15) is 17.1 Å². The lowest BCUT2D eigenvalue weighted by Crippen LogP contribution is -2.20. The molecule has 9 heterocycles. The number of nitrogens with zero attached hydrogens (tertiary/aromatic N) is 6. The standard InChI is InChI=1S/3C45H30N2O2/c1-45(2)33-18-8-6-16-31(33)41-34(45)19-11-21-36(41)46(35-20-9-7-15-29(35)27-13-4-3-5-14-27)28-25-32-30-17-10-22-37-42(30)47-43(32)40(26-28)49-39-24-12-23-38(48-37)44(39)47;1-45(2)35-17-8-6-15-31(35)32-23-22-28(25-36(32)45)46(37-18-9-7-14-30(37)27-12-4-3-5-13-27)29-24-34-33-16-10-19-38-42(33)47-43(34)41(26-29)49-40-21-11-20-39(48-38)44(40)47;1-45(2)35-16-7-6-13-31(35)32-14-8-17-36(41(32)45)46(29-23-21-28(22-24-29)27-11-4-3-5-12-27)30-25-34-33-15-9-18-37-42(33)47-43(34)40(26-30)49-39-20-10-19-38(48-37)44(39)47/h3*3-26H,1-2H3. The van der Waals surface area contributed by atoms with E-state index in [4.69, 9.17) is 28.4 Å². The summed E-state index contributed by atoms with van der Waals surface area (Å²) < 4.78 is 46.8.